The summed E-state index contributed by atoms with van der Waals surface area (Å²) < 4.78 is 35.6. The van der Waals surface area contributed by atoms with Crippen molar-refractivity contribution < 1.29 is 22.1 Å². The van der Waals surface area contributed by atoms with Crippen molar-refractivity contribution >= 4 is 28.1 Å². The maximum atomic E-state index is 12.5. The minimum atomic E-state index is -4.02. The third-order valence-electron chi connectivity index (χ3n) is 4.08. The summed E-state index contributed by atoms with van der Waals surface area (Å²) in [5.74, 6) is -0.346. The van der Waals surface area contributed by atoms with Crippen LogP contribution in [0.25, 0.3) is 6.08 Å². The summed E-state index contributed by atoms with van der Waals surface area (Å²) >= 11 is 0. The predicted molar refractivity (Wildman–Crippen MR) is 108 cm³/mol. The number of rotatable bonds is 5. The summed E-state index contributed by atoms with van der Waals surface area (Å²) in [5.41, 5.74) is 1.11. The predicted octanol–water partition coefficient (Wildman–Crippen LogP) is 3.80. The second-order valence-corrected chi connectivity index (χ2v) is 7.64. The molecule has 1 aliphatic rings. The minimum Gasteiger partial charge on any atom is -0.402 e. The van der Waals surface area contributed by atoms with Gasteiger partial charge in [-0.3, -0.25) is 0 Å². The Kier molecular flexibility index (Phi) is 4.97. The molecule has 4 rings (SSSR count). The van der Waals surface area contributed by atoms with Crippen LogP contribution in [0.15, 0.2) is 101 Å². The minimum absolute atomic E-state index is 0.0344. The first-order valence-electron chi connectivity index (χ1n) is 8.69. The van der Waals surface area contributed by atoms with Gasteiger partial charge in [-0.2, -0.15) is 8.42 Å². The van der Waals surface area contributed by atoms with Crippen LogP contribution < -0.4 is 4.18 Å². The molecule has 0 saturated carbocycles. The molecule has 0 spiro atoms. The van der Waals surface area contributed by atoms with Gasteiger partial charge in [0.1, 0.15) is 10.6 Å². The van der Waals surface area contributed by atoms with E-state index < -0.39 is 16.1 Å². The molecule has 0 amide bonds. The fraction of sp³-hybridized carbons (Fsp3) is 0. The number of para-hydroxylation sites is 1. The molecule has 3 aromatic carbocycles. The normalized spacial score (nSPS) is 15.1. The summed E-state index contributed by atoms with van der Waals surface area (Å²) in [5, 5.41) is 0. The number of esters is 1. The molecule has 0 aliphatic carbocycles. The smallest absolute Gasteiger partial charge is 0.363 e. The van der Waals surface area contributed by atoms with E-state index in [1.54, 1.807) is 48.5 Å². The lowest BCUT2D eigenvalue weighted by Gasteiger charge is -2.09. The van der Waals surface area contributed by atoms with Crippen LogP contribution in [0.4, 0.5) is 0 Å². The van der Waals surface area contributed by atoms with Crippen LogP contribution in [0.3, 0.4) is 0 Å². The van der Waals surface area contributed by atoms with Gasteiger partial charge in [-0.25, -0.2) is 9.79 Å². The first-order valence-corrected chi connectivity index (χ1v) is 10.1. The van der Waals surface area contributed by atoms with Crippen LogP contribution in [-0.2, 0) is 19.6 Å². The van der Waals surface area contributed by atoms with Gasteiger partial charge in [0.15, 0.2) is 5.70 Å². The van der Waals surface area contributed by atoms with Crippen LogP contribution in [0.2, 0.25) is 0 Å². The highest BCUT2D eigenvalue weighted by Gasteiger charge is 2.25. The van der Waals surface area contributed by atoms with E-state index in [9.17, 15) is 13.2 Å². The summed E-state index contributed by atoms with van der Waals surface area (Å²) in [6.45, 7) is 0. The van der Waals surface area contributed by atoms with Gasteiger partial charge in [0.2, 0.25) is 5.90 Å². The van der Waals surface area contributed by atoms with Gasteiger partial charge in [-0.1, -0.05) is 54.6 Å². The lowest BCUT2D eigenvalue weighted by molar-refractivity contribution is -0.129. The number of aliphatic imine (C=N–C) groups is 1. The number of hydrogen-bond acceptors (Lipinski definition) is 6. The van der Waals surface area contributed by atoms with Crippen LogP contribution >= 0.6 is 0 Å². The molecule has 0 radical (unpaired) electrons. The molecule has 144 valence electrons. The Labute approximate surface area is 167 Å². The first kappa shape index (κ1) is 18.6. The monoisotopic (exact) mass is 405 g/mol. The Morgan fingerprint density at radius 3 is 2.17 bits per heavy atom. The fourth-order valence-electron chi connectivity index (χ4n) is 2.69. The van der Waals surface area contributed by atoms with Crippen molar-refractivity contribution in [1.29, 1.82) is 0 Å². The molecule has 0 saturated heterocycles. The molecule has 7 heteroatoms. The van der Waals surface area contributed by atoms with E-state index in [-0.39, 0.29) is 22.2 Å². The Bertz CT molecular complexity index is 1220. The SMILES string of the molecule is O=C1OC(c2ccccc2)=NC1=Cc1ccccc1OS(=O)(=O)c1ccccc1. The van der Waals surface area contributed by atoms with Crippen molar-refractivity contribution in [3.05, 3.63) is 102 Å². The van der Waals surface area contributed by atoms with Crippen molar-refractivity contribution in [2.45, 2.75) is 4.90 Å². The van der Waals surface area contributed by atoms with Crippen molar-refractivity contribution in [1.82, 2.24) is 0 Å². The summed E-state index contributed by atoms with van der Waals surface area (Å²) in [6.07, 6.45) is 1.44. The van der Waals surface area contributed by atoms with E-state index in [2.05, 4.69) is 4.99 Å². The van der Waals surface area contributed by atoms with Crippen molar-refractivity contribution in [2.75, 3.05) is 0 Å². The maximum absolute atomic E-state index is 12.5. The molecule has 0 N–H and O–H groups in total. The molecule has 0 bridgehead atoms. The molecule has 1 heterocycles. The van der Waals surface area contributed by atoms with Gasteiger partial charge >= 0.3 is 16.1 Å². The molecular formula is C22H15NO5S. The molecule has 1 aliphatic heterocycles. The zero-order valence-corrected chi connectivity index (χ0v) is 15.9. The lowest BCUT2D eigenvalue weighted by Crippen LogP contribution is -2.10. The average molecular weight is 405 g/mol. The molecule has 3 aromatic rings. The standard InChI is InChI=1S/C22H15NO5S/c24-22-19(23-21(27-22)16-9-3-1-4-10-16)15-17-11-7-8-14-20(17)28-29(25,26)18-12-5-2-6-13-18/h1-15H. The summed E-state index contributed by atoms with van der Waals surface area (Å²) in [6, 6.07) is 23.3. The highest BCUT2D eigenvalue weighted by atomic mass is 32.2. The molecular weight excluding hydrogens is 390 g/mol. The quantitative estimate of drug-likeness (QED) is 0.366. The van der Waals surface area contributed by atoms with Gasteiger partial charge in [0, 0.05) is 11.1 Å². The number of nitrogens with zero attached hydrogens (tertiary/aromatic N) is 1. The third-order valence-corrected chi connectivity index (χ3v) is 5.33. The van der Waals surface area contributed by atoms with Gasteiger partial charge in [0.25, 0.3) is 0 Å². The van der Waals surface area contributed by atoms with E-state index >= 15 is 0 Å². The van der Waals surface area contributed by atoms with Crippen molar-refractivity contribution in [3.8, 4) is 5.75 Å². The second-order valence-electron chi connectivity index (χ2n) is 6.09. The number of ether oxygens (including phenoxy) is 1. The molecule has 0 atom stereocenters. The number of benzene rings is 3. The first-order chi connectivity index (χ1) is 14.0. The van der Waals surface area contributed by atoms with E-state index in [4.69, 9.17) is 8.92 Å². The Balaban J connectivity index is 1.67. The number of carbonyl (C=O) groups excluding carboxylic acids is 1. The zero-order valence-electron chi connectivity index (χ0n) is 15.1. The van der Waals surface area contributed by atoms with Crippen LogP contribution in [0, 0.1) is 0 Å². The van der Waals surface area contributed by atoms with Gasteiger partial charge < -0.3 is 8.92 Å². The second kappa shape index (κ2) is 7.73. The van der Waals surface area contributed by atoms with Gasteiger partial charge in [-0.05, 0) is 36.4 Å². The van der Waals surface area contributed by atoms with Crippen molar-refractivity contribution in [3.63, 3.8) is 0 Å². The van der Waals surface area contributed by atoms with Crippen LogP contribution in [-0.4, -0.2) is 20.3 Å². The highest BCUT2D eigenvalue weighted by Crippen LogP contribution is 2.27. The molecule has 29 heavy (non-hydrogen) atoms. The summed E-state index contributed by atoms with van der Waals surface area (Å²) in [7, 11) is -4.02. The van der Waals surface area contributed by atoms with Crippen LogP contribution in [0.5, 0.6) is 5.75 Å². The van der Waals surface area contributed by atoms with Crippen LogP contribution in [0.1, 0.15) is 11.1 Å². The largest absolute Gasteiger partial charge is 0.402 e. The van der Waals surface area contributed by atoms with E-state index in [0.717, 1.165) is 0 Å². The molecule has 0 aromatic heterocycles. The van der Waals surface area contributed by atoms with E-state index in [1.165, 1.54) is 24.3 Å². The highest BCUT2D eigenvalue weighted by molar-refractivity contribution is 7.87. The van der Waals surface area contributed by atoms with E-state index in [1.807, 2.05) is 18.2 Å². The van der Waals surface area contributed by atoms with E-state index in [0.29, 0.717) is 11.1 Å². The topological polar surface area (TPSA) is 82.0 Å². The van der Waals surface area contributed by atoms with Gasteiger partial charge in [-0.15, -0.1) is 0 Å². The lowest BCUT2D eigenvalue weighted by atomic mass is 10.1. The average Bonchev–Trinajstić information content (AvgIpc) is 3.11. The Morgan fingerprint density at radius 1 is 0.828 bits per heavy atom. The Hall–Kier alpha value is -3.71. The molecule has 0 fully saturated rings. The number of cyclic esters (lactones) is 1. The number of hydrogen-bond donors (Lipinski definition) is 0. The third kappa shape index (κ3) is 4.09. The van der Waals surface area contributed by atoms with Gasteiger partial charge in [0.05, 0.1) is 0 Å². The Morgan fingerprint density at radius 2 is 1.45 bits per heavy atom. The molecule has 6 nitrogen and oxygen atoms in total. The van der Waals surface area contributed by atoms with Crippen molar-refractivity contribution in [2.24, 2.45) is 4.99 Å². The summed E-state index contributed by atoms with van der Waals surface area (Å²) in [4.78, 5) is 16.5. The fourth-order valence-corrected chi connectivity index (χ4v) is 3.66. The zero-order chi connectivity index (χ0) is 20.3. The number of carbonyl (C=O) groups is 1. The molecule has 0 unspecified atom stereocenters. The maximum Gasteiger partial charge on any atom is 0.363 e.